The Bertz CT molecular complexity index is 839. The minimum absolute atomic E-state index is 0.291. The number of aryl methyl sites for hydroxylation is 1. The molecular weight excluding hydrogens is 372 g/mol. The lowest BCUT2D eigenvalue weighted by atomic mass is 10.0. The first kappa shape index (κ1) is 14.9. The molecule has 23 heavy (non-hydrogen) atoms. The molecule has 1 atom stereocenters. The number of nitrogens with zero attached hydrogens (tertiary/aromatic N) is 1. The van der Waals surface area contributed by atoms with Crippen LogP contribution in [0, 0.1) is 0 Å². The number of benzene rings is 2. The molecule has 2 heterocycles. The van der Waals surface area contributed by atoms with Crippen LogP contribution in [-0.4, -0.2) is 4.57 Å². The summed E-state index contributed by atoms with van der Waals surface area (Å²) < 4.78 is 3.38. The summed E-state index contributed by atoms with van der Waals surface area (Å²) in [6.07, 6.45) is 4.19. The maximum atomic E-state index is 6.16. The fourth-order valence-corrected chi connectivity index (χ4v) is 3.61. The highest BCUT2D eigenvalue weighted by atomic mass is 79.9. The molecule has 3 aromatic rings. The highest BCUT2D eigenvalue weighted by Gasteiger charge is 2.23. The lowest BCUT2D eigenvalue weighted by molar-refractivity contribution is 0.646. The molecule has 2 aromatic carbocycles. The first-order valence-electron chi connectivity index (χ1n) is 7.69. The molecule has 1 aromatic heterocycles. The average Bonchev–Trinajstić information content (AvgIpc) is 3.03. The third kappa shape index (κ3) is 2.91. The van der Waals surface area contributed by atoms with Crippen LogP contribution in [-0.2, 0) is 6.42 Å². The quantitative estimate of drug-likeness (QED) is 0.584. The Kier molecular flexibility index (Phi) is 3.92. The van der Waals surface area contributed by atoms with Crippen LogP contribution in [0.15, 0.2) is 65.3 Å². The van der Waals surface area contributed by atoms with Crippen molar-refractivity contribution in [2.45, 2.75) is 18.9 Å². The van der Waals surface area contributed by atoms with Crippen molar-refractivity contribution in [1.82, 2.24) is 4.57 Å². The number of hydrogen-bond donors (Lipinski definition) is 1. The number of anilines is 1. The zero-order chi connectivity index (χ0) is 15.8. The van der Waals surface area contributed by atoms with Crippen LogP contribution in [0.2, 0.25) is 5.02 Å². The molecule has 1 aliphatic rings. The van der Waals surface area contributed by atoms with Crippen LogP contribution in [0.1, 0.15) is 23.7 Å². The lowest BCUT2D eigenvalue weighted by Crippen LogP contribution is -2.21. The Morgan fingerprint density at radius 1 is 1.09 bits per heavy atom. The van der Waals surface area contributed by atoms with E-state index in [-0.39, 0.29) is 0 Å². The third-order valence-electron chi connectivity index (χ3n) is 4.32. The third-order valence-corrected chi connectivity index (χ3v) is 5.08. The first-order chi connectivity index (χ1) is 11.2. The van der Waals surface area contributed by atoms with E-state index in [1.54, 1.807) is 0 Å². The molecule has 0 unspecified atom stereocenters. The Morgan fingerprint density at radius 3 is 2.74 bits per heavy atom. The van der Waals surface area contributed by atoms with Gasteiger partial charge in [0, 0.05) is 21.4 Å². The predicted molar refractivity (Wildman–Crippen MR) is 99.6 cm³/mol. The summed E-state index contributed by atoms with van der Waals surface area (Å²) in [4.78, 5) is 0. The maximum absolute atomic E-state index is 6.16. The summed E-state index contributed by atoms with van der Waals surface area (Å²) >= 11 is 9.65. The fourth-order valence-electron chi connectivity index (χ4n) is 3.18. The monoisotopic (exact) mass is 386 g/mol. The van der Waals surface area contributed by atoms with Gasteiger partial charge in [0.05, 0.1) is 17.4 Å². The van der Waals surface area contributed by atoms with Gasteiger partial charge in [-0.05, 0) is 60.9 Å². The molecule has 2 nitrogen and oxygen atoms in total. The number of aromatic nitrogens is 1. The summed E-state index contributed by atoms with van der Waals surface area (Å²) in [5.41, 5.74) is 4.92. The Hall–Kier alpha value is -1.71. The minimum atomic E-state index is 0.291. The van der Waals surface area contributed by atoms with Crippen LogP contribution >= 0.6 is 27.5 Å². The Balaban J connectivity index is 1.60. The highest BCUT2D eigenvalue weighted by Crippen LogP contribution is 2.37. The van der Waals surface area contributed by atoms with Crippen LogP contribution < -0.4 is 5.32 Å². The SMILES string of the molecule is Clc1ccc2c(c1)N[C@@H](CCc1ccc(Br)cc1)c1cccn1-2. The zero-order valence-electron chi connectivity index (χ0n) is 12.5. The summed E-state index contributed by atoms with van der Waals surface area (Å²) in [7, 11) is 0. The van der Waals surface area contributed by atoms with Gasteiger partial charge in [0.1, 0.15) is 0 Å². The molecule has 0 bridgehead atoms. The summed E-state index contributed by atoms with van der Waals surface area (Å²) in [5.74, 6) is 0. The summed E-state index contributed by atoms with van der Waals surface area (Å²) in [6.45, 7) is 0. The molecule has 0 radical (unpaired) electrons. The van der Waals surface area contributed by atoms with Gasteiger partial charge in [-0.15, -0.1) is 0 Å². The van der Waals surface area contributed by atoms with E-state index < -0.39 is 0 Å². The highest BCUT2D eigenvalue weighted by molar-refractivity contribution is 9.10. The number of hydrogen-bond acceptors (Lipinski definition) is 1. The second kappa shape index (κ2) is 6.06. The van der Waals surface area contributed by atoms with E-state index in [9.17, 15) is 0 Å². The minimum Gasteiger partial charge on any atom is -0.375 e. The molecule has 0 fully saturated rings. The number of fused-ring (bicyclic) bond motifs is 3. The van der Waals surface area contributed by atoms with Crippen molar-refractivity contribution in [2.75, 3.05) is 5.32 Å². The molecule has 1 N–H and O–H groups in total. The molecule has 1 aliphatic heterocycles. The normalized spacial score (nSPS) is 15.7. The van der Waals surface area contributed by atoms with Crippen molar-refractivity contribution in [3.8, 4) is 5.69 Å². The van der Waals surface area contributed by atoms with Gasteiger partial charge in [-0.1, -0.05) is 39.7 Å². The first-order valence-corrected chi connectivity index (χ1v) is 8.86. The average molecular weight is 388 g/mol. The zero-order valence-corrected chi connectivity index (χ0v) is 14.8. The van der Waals surface area contributed by atoms with Gasteiger partial charge in [0.15, 0.2) is 0 Å². The van der Waals surface area contributed by atoms with Gasteiger partial charge < -0.3 is 9.88 Å². The van der Waals surface area contributed by atoms with Crippen LogP contribution in [0.5, 0.6) is 0 Å². The number of rotatable bonds is 3. The second-order valence-electron chi connectivity index (χ2n) is 5.83. The van der Waals surface area contributed by atoms with Gasteiger partial charge in [0.25, 0.3) is 0 Å². The smallest absolute Gasteiger partial charge is 0.0687 e. The van der Waals surface area contributed by atoms with Crippen molar-refractivity contribution in [1.29, 1.82) is 0 Å². The topological polar surface area (TPSA) is 17.0 Å². The van der Waals surface area contributed by atoms with Crippen molar-refractivity contribution in [3.05, 3.63) is 81.5 Å². The molecule has 0 aliphatic carbocycles. The van der Waals surface area contributed by atoms with E-state index in [1.165, 1.54) is 11.3 Å². The van der Waals surface area contributed by atoms with Crippen LogP contribution in [0.3, 0.4) is 0 Å². The van der Waals surface area contributed by atoms with E-state index in [0.717, 1.165) is 33.7 Å². The molecule has 116 valence electrons. The molecule has 0 amide bonds. The molecule has 4 rings (SSSR count). The van der Waals surface area contributed by atoms with Crippen molar-refractivity contribution in [2.24, 2.45) is 0 Å². The van der Waals surface area contributed by atoms with Crippen molar-refractivity contribution in [3.63, 3.8) is 0 Å². The van der Waals surface area contributed by atoms with Gasteiger partial charge in [-0.2, -0.15) is 0 Å². The largest absolute Gasteiger partial charge is 0.375 e. The summed E-state index contributed by atoms with van der Waals surface area (Å²) in [5, 5.41) is 4.41. The lowest BCUT2D eigenvalue weighted by Gasteiger charge is -2.29. The fraction of sp³-hybridized carbons (Fsp3) is 0.158. The van der Waals surface area contributed by atoms with E-state index in [4.69, 9.17) is 11.6 Å². The maximum Gasteiger partial charge on any atom is 0.0687 e. The number of nitrogens with one attached hydrogen (secondary N) is 1. The van der Waals surface area contributed by atoms with E-state index in [0.29, 0.717) is 6.04 Å². The second-order valence-corrected chi connectivity index (χ2v) is 7.18. The van der Waals surface area contributed by atoms with E-state index in [2.05, 4.69) is 74.5 Å². The van der Waals surface area contributed by atoms with Crippen molar-refractivity contribution >= 4 is 33.2 Å². The van der Waals surface area contributed by atoms with Gasteiger partial charge in [0.2, 0.25) is 0 Å². The standard InChI is InChI=1S/C19H16BrClN2/c20-14-6-3-13(4-7-14)5-9-16-18-2-1-11-23(18)19-10-8-15(21)12-17(19)22-16/h1-4,6-8,10-12,16,22H,5,9H2/t16-/m0/s1. The van der Waals surface area contributed by atoms with E-state index in [1.807, 2.05) is 12.1 Å². The molecule has 4 heteroatoms. The Labute approximate surface area is 149 Å². The number of halogens is 2. The van der Waals surface area contributed by atoms with Gasteiger partial charge >= 0.3 is 0 Å². The molecule has 0 saturated heterocycles. The van der Waals surface area contributed by atoms with Crippen molar-refractivity contribution < 1.29 is 0 Å². The van der Waals surface area contributed by atoms with Gasteiger partial charge in [-0.25, -0.2) is 0 Å². The molecule has 0 spiro atoms. The molecular formula is C19H16BrClN2. The summed E-state index contributed by atoms with van der Waals surface area (Å²) in [6, 6.07) is 19.2. The van der Waals surface area contributed by atoms with Gasteiger partial charge in [-0.3, -0.25) is 0 Å². The Morgan fingerprint density at radius 2 is 1.91 bits per heavy atom. The van der Waals surface area contributed by atoms with Crippen LogP contribution in [0.4, 0.5) is 5.69 Å². The van der Waals surface area contributed by atoms with Crippen LogP contribution in [0.25, 0.3) is 5.69 Å². The molecule has 0 saturated carbocycles. The van der Waals surface area contributed by atoms with E-state index >= 15 is 0 Å². The predicted octanol–water partition coefficient (Wildman–Crippen LogP) is 5.99.